The standard InChI is InChI=1S/C12H15F3N2O3/c1-2-20-10(18)11(19,12(13,14)15)8-3-4-9(17)7(5-8)6-16/h3-5,19H,2,6,16-17H2,1H3. The minimum atomic E-state index is -5.23. The molecule has 8 heteroatoms. The molecule has 0 aliphatic carbocycles. The maximum Gasteiger partial charge on any atom is 0.432 e. The number of carbonyl (C=O) groups is 1. The quantitative estimate of drug-likeness (QED) is 0.569. The number of nitrogen functional groups attached to an aromatic ring is 1. The molecule has 0 amide bonds. The average molecular weight is 292 g/mol. The molecule has 20 heavy (non-hydrogen) atoms. The van der Waals surface area contributed by atoms with Crippen LogP contribution in [0.2, 0.25) is 0 Å². The molecule has 0 aliphatic heterocycles. The van der Waals surface area contributed by atoms with E-state index in [2.05, 4.69) is 4.74 Å². The van der Waals surface area contributed by atoms with Gasteiger partial charge in [0.05, 0.1) is 6.61 Å². The highest BCUT2D eigenvalue weighted by Gasteiger charge is 2.62. The SMILES string of the molecule is CCOC(=O)C(O)(c1ccc(N)c(CN)c1)C(F)(F)F. The van der Waals surface area contributed by atoms with Crippen molar-refractivity contribution in [1.29, 1.82) is 0 Å². The molecule has 0 heterocycles. The topological polar surface area (TPSA) is 98.6 Å². The van der Waals surface area contributed by atoms with E-state index in [1.165, 1.54) is 6.92 Å². The normalized spacial score (nSPS) is 14.7. The third-order valence-electron chi connectivity index (χ3n) is 2.76. The largest absolute Gasteiger partial charge is 0.463 e. The summed E-state index contributed by atoms with van der Waals surface area (Å²) in [4.78, 5) is 11.5. The highest BCUT2D eigenvalue weighted by atomic mass is 19.4. The molecule has 0 aromatic heterocycles. The molecule has 0 spiro atoms. The summed E-state index contributed by atoms with van der Waals surface area (Å²) in [6, 6.07) is 3.01. The third-order valence-corrected chi connectivity index (χ3v) is 2.76. The number of hydrogen-bond acceptors (Lipinski definition) is 5. The number of halogens is 3. The van der Waals surface area contributed by atoms with E-state index in [1.807, 2.05) is 0 Å². The van der Waals surface area contributed by atoms with Crippen molar-refractivity contribution in [3.05, 3.63) is 29.3 Å². The molecule has 0 aliphatic rings. The van der Waals surface area contributed by atoms with Crippen LogP contribution in [0.5, 0.6) is 0 Å². The van der Waals surface area contributed by atoms with Crippen molar-refractivity contribution in [2.75, 3.05) is 12.3 Å². The fourth-order valence-electron chi connectivity index (χ4n) is 1.64. The second-order valence-electron chi connectivity index (χ2n) is 4.05. The number of esters is 1. The lowest BCUT2D eigenvalue weighted by atomic mass is 9.91. The van der Waals surface area contributed by atoms with Gasteiger partial charge in [-0.2, -0.15) is 13.2 Å². The van der Waals surface area contributed by atoms with E-state index in [1.54, 1.807) is 0 Å². The van der Waals surface area contributed by atoms with Crippen LogP contribution in [0.4, 0.5) is 18.9 Å². The first kappa shape index (κ1) is 16.3. The number of ether oxygens (including phenoxy) is 1. The van der Waals surface area contributed by atoms with Gasteiger partial charge in [-0.15, -0.1) is 0 Å². The highest BCUT2D eigenvalue weighted by molar-refractivity contribution is 5.82. The van der Waals surface area contributed by atoms with Gasteiger partial charge in [0, 0.05) is 17.8 Å². The number of anilines is 1. The summed E-state index contributed by atoms with van der Waals surface area (Å²) in [5.41, 5.74) is 6.80. The molecular formula is C12H15F3N2O3. The Morgan fingerprint density at radius 2 is 2.00 bits per heavy atom. The predicted octanol–water partition coefficient (Wildman–Crippen LogP) is 1.04. The van der Waals surface area contributed by atoms with Crippen LogP contribution in [0.15, 0.2) is 18.2 Å². The molecule has 5 N–H and O–H groups in total. The number of carbonyl (C=O) groups excluding carboxylic acids is 1. The van der Waals surface area contributed by atoms with Crippen LogP contribution < -0.4 is 11.5 Å². The predicted molar refractivity (Wildman–Crippen MR) is 65.3 cm³/mol. The molecule has 0 saturated heterocycles. The van der Waals surface area contributed by atoms with Crippen molar-refractivity contribution in [1.82, 2.24) is 0 Å². The maximum absolute atomic E-state index is 13.1. The summed E-state index contributed by atoms with van der Waals surface area (Å²) in [5.74, 6) is -1.79. The number of benzene rings is 1. The van der Waals surface area contributed by atoms with Crippen LogP contribution in [0.1, 0.15) is 18.1 Å². The van der Waals surface area contributed by atoms with Crippen LogP contribution in [0.25, 0.3) is 0 Å². The summed E-state index contributed by atoms with van der Waals surface area (Å²) < 4.78 is 43.6. The van der Waals surface area contributed by atoms with Crippen molar-refractivity contribution in [3.63, 3.8) is 0 Å². The second-order valence-corrected chi connectivity index (χ2v) is 4.05. The Bertz CT molecular complexity index is 505. The van der Waals surface area contributed by atoms with E-state index in [4.69, 9.17) is 11.5 Å². The fraction of sp³-hybridized carbons (Fsp3) is 0.417. The lowest BCUT2D eigenvalue weighted by Crippen LogP contribution is -2.50. The summed E-state index contributed by atoms with van der Waals surface area (Å²) >= 11 is 0. The number of alkyl halides is 3. The van der Waals surface area contributed by atoms with Crippen LogP contribution in [-0.2, 0) is 21.7 Å². The zero-order valence-corrected chi connectivity index (χ0v) is 10.7. The molecule has 0 fully saturated rings. The van der Waals surface area contributed by atoms with Gasteiger partial charge in [0.25, 0.3) is 5.60 Å². The lowest BCUT2D eigenvalue weighted by Gasteiger charge is -2.29. The van der Waals surface area contributed by atoms with E-state index in [0.29, 0.717) is 0 Å². The van der Waals surface area contributed by atoms with Gasteiger partial charge in [-0.05, 0) is 24.6 Å². The monoisotopic (exact) mass is 292 g/mol. The number of hydrogen-bond donors (Lipinski definition) is 3. The van der Waals surface area contributed by atoms with Gasteiger partial charge in [0.1, 0.15) is 0 Å². The minimum absolute atomic E-state index is 0.129. The maximum atomic E-state index is 13.1. The molecule has 0 radical (unpaired) electrons. The molecule has 1 aromatic rings. The van der Waals surface area contributed by atoms with Crippen molar-refractivity contribution >= 4 is 11.7 Å². The summed E-state index contributed by atoms with van der Waals surface area (Å²) in [7, 11) is 0. The number of nitrogens with two attached hydrogens (primary N) is 2. The molecular weight excluding hydrogens is 277 g/mol. The van der Waals surface area contributed by atoms with E-state index in [9.17, 15) is 23.1 Å². The molecule has 112 valence electrons. The van der Waals surface area contributed by atoms with Gasteiger partial charge in [0.15, 0.2) is 0 Å². The highest BCUT2D eigenvalue weighted by Crippen LogP contribution is 2.40. The Morgan fingerprint density at radius 3 is 2.45 bits per heavy atom. The Hall–Kier alpha value is -1.80. The van der Waals surface area contributed by atoms with Crippen molar-refractivity contribution in [2.24, 2.45) is 5.73 Å². The van der Waals surface area contributed by atoms with Crippen LogP contribution in [0, 0.1) is 0 Å². The molecule has 0 saturated carbocycles. The molecule has 5 nitrogen and oxygen atoms in total. The van der Waals surface area contributed by atoms with E-state index >= 15 is 0 Å². The Morgan fingerprint density at radius 1 is 1.40 bits per heavy atom. The Labute approximate surface area is 113 Å². The molecule has 0 bridgehead atoms. The van der Waals surface area contributed by atoms with Gasteiger partial charge in [-0.1, -0.05) is 6.07 Å². The summed E-state index contributed by atoms with van der Waals surface area (Å²) in [5, 5.41) is 9.85. The number of rotatable bonds is 4. The van der Waals surface area contributed by atoms with Crippen LogP contribution in [0.3, 0.4) is 0 Å². The van der Waals surface area contributed by atoms with Gasteiger partial charge in [-0.3, -0.25) is 0 Å². The zero-order valence-electron chi connectivity index (χ0n) is 10.7. The summed E-state index contributed by atoms with van der Waals surface area (Å²) in [6.45, 7) is 0.912. The molecule has 1 unspecified atom stereocenters. The Balaban J connectivity index is 3.42. The molecule has 1 aromatic carbocycles. The first-order chi connectivity index (χ1) is 9.18. The van der Waals surface area contributed by atoms with Crippen molar-refractivity contribution < 1.29 is 27.8 Å². The van der Waals surface area contributed by atoms with Gasteiger partial charge < -0.3 is 21.3 Å². The van der Waals surface area contributed by atoms with Gasteiger partial charge in [0.2, 0.25) is 0 Å². The molecule has 1 rings (SSSR count). The third kappa shape index (κ3) is 2.70. The Kier molecular flexibility index (Phi) is 4.61. The number of aliphatic hydroxyl groups is 1. The van der Waals surface area contributed by atoms with Gasteiger partial charge >= 0.3 is 12.1 Å². The first-order valence-electron chi connectivity index (χ1n) is 5.73. The smallest absolute Gasteiger partial charge is 0.432 e. The van der Waals surface area contributed by atoms with Crippen LogP contribution in [-0.4, -0.2) is 23.9 Å². The van der Waals surface area contributed by atoms with Gasteiger partial charge in [-0.25, -0.2) is 4.79 Å². The van der Waals surface area contributed by atoms with E-state index in [-0.39, 0.29) is 24.4 Å². The van der Waals surface area contributed by atoms with E-state index < -0.39 is 23.3 Å². The zero-order chi connectivity index (χ0) is 15.6. The average Bonchev–Trinajstić information content (AvgIpc) is 2.37. The molecule has 1 atom stereocenters. The lowest BCUT2D eigenvalue weighted by molar-refractivity contribution is -0.267. The van der Waals surface area contributed by atoms with Crippen LogP contribution >= 0.6 is 0 Å². The van der Waals surface area contributed by atoms with E-state index in [0.717, 1.165) is 18.2 Å². The van der Waals surface area contributed by atoms with Crippen molar-refractivity contribution in [3.8, 4) is 0 Å². The fourth-order valence-corrected chi connectivity index (χ4v) is 1.64. The second kappa shape index (κ2) is 5.68. The minimum Gasteiger partial charge on any atom is -0.463 e. The van der Waals surface area contributed by atoms with Crippen molar-refractivity contribution in [2.45, 2.75) is 25.2 Å². The summed E-state index contributed by atoms with van der Waals surface area (Å²) in [6.07, 6.45) is -5.23. The first-order valence-corrected chi connectivity index (χ1v) is 5.73.